The van der Waals surface area contributed by atoms with Gasteiger partial charge in [-0.25, -0.2) is 0 Å². The average Bonchev–Trinajstić information content (AvgIpc) is 2.74. The van der Waals surface area contributed by atoms with Crippen molar-refractivity contribution in [2.24, 2.45) is 0 Å². The Labute approximate surface area is 168 Å². The van der Waals surface area contributed by atoms with Crippen molar-refractivity contribution >= 4 is 16.9 Å². The summed E-state index contributed by atoms with van der Waals surface area (Å²) in [7, 11) is 4.41. The van der Waals surface area contributed by atoms with Crippen LogP contribution in [-0.2, 0) is 16.0 Å². The standard InChI is InChI=1S/C21H22N2O6/c1-5-28-20-10-15-14(9-19(20)26-3)17(6-7-22-15)29-13-8-18(25-2)16(23-12-13)11-21(24)27-4/h6-10,12H,5,11H2,1-4H3. The van der Waals surface area contributed by atoms with Crippen LogP contribution < -0.4 is 18.9 Å². The van der Waals surface area contributed by atoms with Crippen molar-refractivity contribution in [3.05, 3.63) is 42.4 Å². The predicted molar refractivity (Wildman–Crippen MR) is 106 cm³/mol. The highest BCUT2D eigenvalue weighted by atomic mass is 16.5. The number of hydrogen-bond donors (Lipinski definition) is 0. The predicted octanol–water partition coefficient (Wildman–Crippen LogP) is 3.55. The molecule has 0 atom stereocenters. The first kappa shape index (κ1) is 20.2. The van der Waals surface area contributed by atoms with E-state index in [-0.39, 0.29) is 6.42 Å². The summed E-state index contributed by atoms with van der Waals surface area (Å²) in [6.45, 7) is 2.42. The lowest BCUT2D eigenvalue weighted by atomic mass is 10.2. The van der Waals surface area contributed by atoms with Crippen LogP contribution in [0.2, 0.25) is 0 Å². The summed E-state index contributed by atoms with van der Waals surface area (Å²) < 4.78 is 27.1. The molecule has 0 radical (unpaired) electrons. The molecule has 8 nitrogen and oxygen atoms in total. The van der Waals surface area contributed by atoms with Gasteiger partial charge in [0.15, 0.2) is 11.5 Å². The second kappa shape index (κ2) is 9.09. The van der Waals surface area contributed by atoms with Crippen LogP contribution in [0.4, 0.5) is 0 Å². The summed E-state index contributed by atoms with van der Waals surface area (Å²) in [5.74, 6) is 2.25. The van der Waals surface area contributed by atoms with Gasteiger partial charge in [0.25, 0.3) is 0 Å². The molecule has 8 heteroatoms. The number of rotatable bonds is 8. The quantitative estimate of drug-likeness (QED) is 0.532. The lowest BCUT2D eigenvalue weighted by Gasteiger charge is -2.14. The normalized spacial score (nSPS) is 10.5. The van der Waals surface area contributed by atoms with Crippen molar-refractivity contribution in [1.29, 1.82) is 0 Å². The Morgan fingerprint density at radius 2 is 1.76 bits per heavy atom. The van der Waals surface area contributed by atoms with E-state index in [0.717, 1.165) is 5.39 Å². The molecule has 152 valence electrons. The van der Waals surface area contributed by atoms with Gasteiger partial charge in [-0.05, 0) is 19.1 Å². The highest BCUT2D eigenvalue weighted by Crippen LogP contribution is 2.37. The van der Waals surface area contributed by atoms with Crippen molar-refractivity contribution in [1.82, 2.24) is 9.97 Å². The van der Waals surface area contributed by atoms with Crippen LogP contribution in [-0.4, -0.2) is 43.9 Å². The van der Waals surface area contributed by atoms with Gasteiger partial charge in [0.2, 0.25) is 0 Å². The van der Waals surface area contributed by atoms with Gasteiger partial charge in [0.05, 0.1) is 51.8 Å². The maximum absolute atomic E-state index is 11.5. The molecule has 1 aromatic carbocycles. The van der Waals surface area contributed by atoms with E-state index in [2.05, 4.69) is 14.7 Å². The van der Waals surface area contributed by atoms with Gasteiger partial charge in [0, 0.05) is 23.7 Å². The number of esters is 1. The molecular weight excluding hydrogens is 376 g/mol. The zero-order chi connectivity index (χ0) is 20.8. The number of carbonyl (C=O) groups excluding carboxylic acids is 1. The molecule has 2 heterocycles. The number of pyridine rings is 2. The Bertz CT molecular complexity index is 1020. The number of fused-ring (bicyclic) bond motifs is 1. The van der Waals surface area contributed by atoms with Gasteiger partial charge in [0.1, 0.15) is 17.2 Å². The third-order valence-corrected chi connectivity index (χ3v) is 4.18. The topological polar surface area (TPSA) is 89.0 Å². The van der Waals surface area contributed by atoms with Crippen LogP contribution >= 0.6 is 0 Å². The second-order valence-electron chi connectivity index (χ2n) is 5.94. The SMILES string of the molecule is CCOc1cc2nccc(Oc3cnc(CC(=O)OC)c(OC)c3)c2cc1OC. The number of carbonyl (C=O) groups is 1. The van der Waals surface area contributed by atoms with Crippen LogP contribution in [0.25, 0.3) is 10.9 Å². The lowest BCUT2D eigenvalue weighted by Crippen LogP contribution is -2.07. The second-order valence-corrected chi connectivity index (χ2v) is 5.94. The average molecular weight is 398 g/mol. The molecule has 29 heavy (non-hydrogen) atoms. The molecule has 0 saturated heterocycles. The summed E-state index contributed by atoms with van der Waals surface area (Å²) in [4.78, 5) is 20.2. The Morgan fingerprint density at radius 3 is 2.45 bits per heavy atom. The van der Waals surface area contributed by atoms with Crippen LogP contribution in [0, 0.1) is 0 Å². The molecule has 0 N–H and O–H groups in total. The third kappa shape index (κ3) is 4.48. The Balaban J connectivity index is 1.96. The van der Waals surface area contributed by atoms with Crippen LogP contribution in [0.5, 0.6) is 28.7 Å². The van der Waals surface area contributed by atoms with E-state index in [0.29, 0.717) is 46.6 Å². The lowest BCUT2D eigenvalue weighted by molar-refractivity contribution is -0.139. The fourth-order valence-corrected chi connectivity index (χ4v) is 2.80. The maximum Gasteiger partial charge on any atom is 0.311 e. The minimum absolute atomic E-state index is 0.00947. The first-order chi connectivity index (χ1) is 14.1. The van der Waals surface area contributed by atoms with E-state index < -0.39 is 5.97 Å². The highest BCUT2D eigenvalue weighted by Gasteiger charge is 2.15. The van der Waals surface area contributed by atoms with Gasteiger partial charge in [-0.3, -0.25) is 14.8 Å². The summed E-state index contributed by atoms with van der Waals surface area (Å²) in [6, 6.07) is 7.04. The van der Waals surface area contributed by atoms with E-state index in [4.69, 9.17) is 18.9 Å². The van der Waals surface area contributed by atoms with Crippen molar-refractivity contribution < 1.29 is 28.5 Å². The monoisotopic (exact) mass is 398 g/mol. The Kier molecular flexibility index (Phi) is 6.33. The summed E-state index contributed by atoms with van der Waals surface area (Å²) in [6.07, 6.45) is 3.19. The summed E-state index contributed by atoms with van der Waals surface area (Å²) in [5, 5.41) is 0.755. The Morgan fingerprint density at radius 1 is 0.966 bits per heavy atom. The van der Waals surface area contributed by atoms with Gasteiger partial charge < -0.3 is 23.7 Å². The molecular formula is C21H22N2O6. The summed E-state index contributed by atoms with van der Waals surface area (Å²) >= 11 is 0. The zero-order valence-corrected chi connectivity index (χ0v) is 16.7. The van der Waals surface area contributed by atoms with Gasteiger partial charge in [-0.2, -0.15) is 0 Å². The van der Waals surface area contributed by atoms with E-state index in [1.54, 1.807) is 25.4 Å². The summed E-state index contributed by atoms with van der Waals surface area (Å²) in [5.41, 5.74) is 1.17. The van der Waals surface area contributed by atoms with Gasteiger partial charge in [-0.15, -0.1) is 0 Å². The smallest absolute Gasteiger partial charge is 0.311 e. The molecule has 3 aromatic rings. The minimum atomic E-state index is -0.401. The number of hydrogen-bond acceptors (Lipinski definition) is 8. The van der Waals surface area contributed by atoms with E-state index in [9.17, 15) is 4.79 Å². The first-order valence-corrected chi connectivity index (χ1v) is 8.96. The minimum Gasteiger partial charge on any atom is -0.495 e. The molecule has 0 aliphatic rings. The van der Waals surface area contributed by atoms with E-state index >= 15 is 0 Å². The fourth-order valence-electron chi connectivity index (χ4n) is 2.80. The molecule has 0 amide bonds. The number of ether oxygens (including phenoxy) is 5. The molecule has 0 spiro atoms. The molecule has 0 fully saturated rings. The molecule has 0 saturated carbocycles. The molecule has 0 bridgehead atoms. The number of aromatic nitrogens is 2. The third-order valence-electron chi connectivity index (χ3n) is 4.18. The van der Waals surface area contributed by atoms with Gasteiger partial charge in [-0.1, -0.05) is 0 Å². The zero-order valence-electron chi connectivity index (χ0n) is 16.7. The van der Waals surface area contributed by atoms with Crippen LogP contribution in [0.1, 0.15) is 12.6 Å². The number of methoxy groups -OCH3 is 3. The van der Waals surface area contributed by atoms with E-state index in [1.807, 2.05) is 19.1 Å². The van der Waals surface area contributed by atoms with Crippen molar-refractivity contribution in [3.8, 4) is 28.7 Å². The molecule has 0 aliphatic heterocycles. The Hall–Kier alpha value is -3.55. The van der Waals surface area contributed by atoms with E-state index in [1.165, 1.54) is 20.4 Å². The molecule has 0 aliphatic carbocycles. The van der Waals surface area contributed by atoms with Gasteiger partial charge >= 0.3 is 5.97 Å². The van der Waals surface area contributed by atoms with Crippen LogP contribution in [0.3, 0.4) is 0 Å². The number of nitrogens with zero attached hydrogens (tertiary/aromatic N) is 2. The number of benzene rings is 1. The molecule has 2 aromatic heterocycles. The maximum atomic E-state index is 11.5. The highest BCUT2D eigenvalue weighted by molar-refractivity contribution is 5.88. The van der Waals surface area contributed by atoms with Crippen molar-refractivity contribution in [2.75, 3.05) is 27.9 Å². The molecule has 0 unspecified atom stereocenters. The largest absolute Gasteiger partial charge is 0.495 e. The van der Waals surface area contributed by atoms with Crippen molar-refractivity contribution in [2.45, 2.75) is 13.3 Å². The van der Waals surface area contributed by atoms with Crippen molar-refractivity contribution in [3.63, 3.8) is 0 Å². The van der Waals surface area contributed by atoms with Crippen LogP contribution in [0.15, 0.2) is 36.7 Å². The molecule has 3 rings (SSSR count). The first-order valence-electron chi connectivity index (χ1n) is 8.96. The fraction of sp³-hybridized carbons (Fsp3) is 0.286.